The first-order chi connectivity index (χ1) is 14.8. The molecule has 2 heteroatoms. The minimum absolute atomic E-state index is 0.814. The number of rotatable bonds is 2. The first kappa shape index (κ1) is 17.7. The maximum absolute atomic E-state index is 6.85. The van der Waals surface area contributed by atoms with Crippen molar-refractivity contribution in [2.45, 2.75) is 0 Å². The van der Waals surface area contributed by atoms with Gasteiger partial charge in [-0.15, -0.1) is 11.3 Å². The van der Waals surface area contributed by atoms with Crippen LogP contribution in [0.25, 0.3) is 53.2 Å². The van der Waals surface area contributed by atoms with Crippen molar-refractivity contribution in [1.82, 2.24) is 0 Å². The van der Waals surface area contributed by atoms with Gasteiger partial charge in [0.25, 0.3) is 0 Å². The van der Waals surface area contributed by atoms with E-state index in [1.165, 1.54) is 42.2 Å². The van der Waals surface area contributed by atoms with Crippen molar-refractivity contribution in [3.05, 3.63) is 108 Å². The second-order valence-electron chi connectivity index (χ2n) is 7.50. The van der Waals surface area contributed by atoms with Crippen molar-refractivity contribution < 1.29 is 0 Å². The lowest BCUT2D eigenvalue weighted by Crippen LogP contribution is -1.86. The highest BCUT2D eigenvalue weighted by atomic mass is 35.5. The molecule has 0 bridgehead atoms. The van der Waals surface area contributed by atoms with Crippen molar-refractivity contribution in [1.29, 1.82) is 0 Å². The van der Waals surface area contributed by atoms with Crippen LogP contribution in [0, 0.1) is 0 Å². The van der Waals surface area contributed by atoms with Crippen molar-refractivity contribution in [3.63, 3.8) is 0 Å². The first-order valence-electron chi connectivity index (χ1n) is 9.98. The van der Waals surface area contributed by atoms with Gasteiger partial charge >= 0.3 is 0 Å². The van der Waals surface area contributed by atoms with Crippen molar-refractivity contribution in [2.75, 3.05) is 0 Å². The van der Waals surface area contributed by atoms with Gasteiger partial charge in [0, 0.05) is 20.2 Å². The van der Waals surface area contributed by atoms with Gasteiger partial charge in [0.15, 0.2) is 0 Å². The molecule has 0 radical (unpaired) electrons. The Morgan fingerprint density at radius 2 is 1.23 bits per heavy atom. The fraction of sp³-hybridized carbons (Fsp3) is 0. The second-order valence-corrected chi connectivity index (χ2v) is 9.00. The number of fused-ring (bicyclic) bond motifs is 4. The molecule has 0 nitrogen and oxygen atoms in total. The Morgan fingerprint density at radius 1 is 0.533 bits per heavy atom. The van der Waals surface area contributed by atoms with Crippen LogP contribution in [0.1, 0.15) is 0 Å². The Labute approximate surface area is 184 Å². The van der Waals surface area contributed by atoms with Crippen molar-refractivity contribution in [3.8, 4) is 22.3 Å². The number of thiophene rings is 1. The lowest BCUT2D eigenvalue weighted by molar-refractivity contribution is 1.64. The third kappa shape index (κ3) is 2.74. The molecule has 1 heterocycles. The molecule has 6 rings (SSSR count). The molecule has 0 spiro atoms. The number of hydrogen-bond donors (Lipinski definition) is 0. The summed E-state index contributed by atoms with van der Waals surface area (Å²) in [4.78, 5) is 0. The Bertz CT molecular complexity index is 1540. The van der Waals surface area contributed by atoms with E-state index in [4.69, 9.17) is 11.6 Å². The summed E-state index contributed by atoms with van der Waals surface area (Å²) in [5.74, 6) is 0. The summed E-state index contributed by atoms with van der Waals surface area (Å²) in [6.07, 6.45) is 0. The molecule has 0 amide bonds. The van der Waals surface area contributed by atoms with E-state index < -0.39 is 0 Å². The van der Waals surface area contributed by atoms with Crippen LogP contribution in [0.4, 0.5) is 0 Å². The average Bonchev–Trinajstić information content (AvgIpc) is 3.18. The van der Waals surface area contributed by atoms with Gasteiger partial charge in [-0.3, -0.25) is 0 Å². The van der Waals surface area contributed by atoms with Crippen LogP contribution in [-0.4, -0.2) is 0 Å². The number of halogens is 1. The van der Waals surface area contributed by atoms with E-state index in [1.54, 1.807) is 11.3 Å². The van der Waals surface area contributed by atoms with Crippen LogP contribution in [0.2, 0.25) is 5.02 Å². The zero-order valence-corrected chi connectivity index (χ0v) is 17.7. The van der Waals surface area contributed by atoms with E-state index in [0.29, 0.717) is 0 Å². The minimum atomic E-state index is 0.814. The van der Waals surface area contributed by atoms with Gasteiger partial charge in [-0.2, -0.15) is 0 Å². The SMILES string of the molecule is Clc1cc(-c2cccc3cccc(-c4ccccc4)c23)cc2sc3ccccc3c12. The highest BCUT2D eigenvalue weighted by Crippen LogP contribution is 2.43. The van der Waals surface area contributed by atoms with Crippen LogP contribution in [0.15, 0.2) is 103 Å². The normalized spacial score (nSPS) is 11.5. The molecule has 0 fully saturated rings. The summed E-state index contributed by atoms with van der Waals surface area (Å²) in [7, 11) is 0. The Hall–Kier alpha value is -3.13. The molecule has 1 aromatic heterocycles. The summed E-state index contributed by atoms with van der Waals surface area (Å²) >= 11 is 8.65. The largest absolute Gasteiger partial charge is 0.135 e. The smallest absolute Gasteiger partial charge is 0.0505 e. The van der Waals surface area contributed by atoms with Crippen LogP contribution in [0.5, 0.6) is 0 Å². The molecule has 0 saturated carbocycles. The van der Waals surface area contributed by atoms with Gasteiger partial charge in [0.05, 0.1) is 5.02 Å². The van der Waals surface area contributed by atoms with Gasteiger partial charge < -0.3 is 0 Å². The standard InChI is InChI=1S/C28H17ClS/c29-24-16-20(17-26-28(24)23-12-4-5-15-25(23)30-26)22-14-7-11-19-10-6-13-21(27(19)22)18-8-2-1-3-9-18/h1-17H. The molecule has 5 aromatic carbocycles. The fourth-order valence-corrected chi connectivity index (χ4v) is 5.95. The molecule has 0 aliphatic carbocycles. The van der Waals surface area contributed by atoms with E-state index in [1.807, 2.05) is 0 Å². The summed E-state index contributed by atoms with van der Waals surface area (Å²) in [5.41, 5.74) is 4.85. The van der Waals surface area contributed by atoms with Crippen LogP contribution in [0.3, 0.4) is 0 Å². The second kappa shape index (κ2) is 6.98. The molecule has 6 aromatic rings. The number of hydrogen-bond acceptors (Lipinski definition) is 1. The van der Waals surface area contributed by atoms with Crippen LogP contribution >= 0.6 is 22.9 Å². The topological polar surface area (TPSA) is 0 Å². The molecule has 0 aliphatic heterocycles. The summed E-state index contributed by atoms with van der Waals surface area (Å²) in [6, 6.07) is 36.6. The highest BCUT2D eigenvalue weighted by molar-refractivity contribution is 7.26. The van der Waals surface area contributed by atoms with Gasteiger partial charge in [-0.05, 0) is 51.2 Å². The molecular formula is C28H17ClS. The summed E-state index contributed by atoms with van der Waals surface area (Å²) in [6.45, 7) is 0. The molecule has 0 saturated heterocycles. The summed E-state index contributed by atoms with van der Waals surface area (Å²) in [5, 5.41) is 5.71. The molecule has 0 unspecified atom stereocenters. The lowest BCUT2D eigenvalue weighted by Gasteiger charge is -2.13. The van der Waals surface area contributed by atoms with E-state index in [0.717, 1.165) is 16.0 Å². The summed E-state index contributed by atoms with van der Waals surface area (Å²) < 4.78 is 2.50. The molecule has 30 heavy (non-hydrogen) atoms. The van der Waals surface area contributed by atoms with Gasteiger partial charge in [0.2, 0.25) is 0 Å². The molecular weight excluding hydrogens is 404 g/mol. The Kier molecular flexibility index (Phi) is 4.12. The van der Waals surface area contributed by atoms with E-state index in [-0.39, 0.29) is 0 Å². The monoisotopic (exact) mass is 420 g/mol. The molecule has 0 aliphatic rings. The van der Waals surface area contributed by atoms with E-state index in [2.05, 4.69) is 103 Å². The van der Waals surface area contributed by atoms with E-state index in [9.17, 15) is 0 Å². The van der Waals surface area contributed by atoms with Gasteiger partial charge in [-0.1, -0.05) is 96.5 Å². The minimum Gasteiger partial charge on any atom is -0.135 e. The lowest BCUT2D eigenvalue weighted by atomic mass is 9.91. The third-order valence-corrected chi connectivity index (χ3v) is 7.15. The fourth-order valence-electron chi connectivity index (χ4n) is 4.40. The van der Waals surface area contributed by atoms with Crippen LogP contribution in [-0.2, 0) is 0 Å². The third-order valence-electron chi connectivity index (χ3n) is 5.73. The first-order valence-corrected chi connectivity index (χ1v) is 11.2. The highest BCUT2D eigenvalue weighted by Gasteiger charge is 2.14. The molecule has 0 atom stereocenters. The zero-order chi connectivity index (χ0) is 20.1. The maximum Gasteiger partial charge on any atom is 0.0505 e. The van der Waals surface area contributed by atoms with Gasteiger partial charge in [-0.25, -0.2) is 0 Å². The van der Waals surface area contributed by atoms with Crippen LogP contribution < -0.4 is 0 Å². The van der Waals surface area contributed by atoms with E-state index >= 15 is 0 Å². The quantitative estimate of drug-likeness (QED) is 0.262. The zero-order valence-electron chi connectivity index (χ0n) is 16.1. The Balaban J connectivity index is 1.67. The molecule has 0 N–H and O–H groups in total. The van der Waals surface area contributed by atoms with Crippen molar-refractivity contribution in [2.24, 2.45) is 0 Å². The molecule has 142 valence electrons. The predicted octanol–water partition coefficient (Wildman–Crippen LogP) is 9.20. The van der Waals surface area contributed by atoms with Gasteiger partial charge in [0.1, 0.15) is 0 Å². The number of benzene rings is 5. The van der Waals surface area contributed by atoms with Crippen molar-refractivity contribution >= 4 is 53.9 Å². The average molecular weight is 421 g/mol. The predicted molar refractivity (Wildman–Crippen MR) is 133 cm³/mol. The maximum atomic E-state index is 6.85. The Morgan fingerprint density at radius 3 is 2.03 bits per heavy atom.